The number of hydroxylamine groups is 1. The molecule has 1 saturated heterocycles. The molecule has 0 bridgehead atoms. The predicted molar refractivity (Wildman–Crippen MR) is 68.4 cm³/mol. The highest BCUT2D eigenvalue weighted by Crippen LogP contribution is 2.34. The van der Waals surface area contributed by atoms with E-state index in [1.54, 1.807) is 0 Å². The quantitative estimate of drug-likeness (QED) is 0.699. The molecule has 0 atom stereocenters. The first kappa shape index (κ1) is 14.5. The largest absolute Gasteiger partial charge is 0.317 e. The third-order valence-electron chi connectivity index (χ3n) is 3.35. The van der Waals surface area contributed by atoms with Gasteiger partial charge < -0.3 is 5.32 Å². The Balaban J connectivity index is 2.48. The van der Waals surface area contributed by atoms with Gasteiger partial charge in [0.1, 0.15) is 0 Å². The van der Waals surface area contributed by atoms with Crippen molar-refractivity contribution in [2.24, 2.45) is 11.3 Å². The molecule has 1 aliphatic heterocycles. The zero-order chi connectivity index (χ0) is 12.7. The van der Waals surface area contributed by atoms with Crippen molar-refractivity contribution in [1.29, 1.82) is 0 Å². The molecule has 0 aliphatic carbocycles. The SMILES string of the molecule is CCCC1(C(=O)NOCC(C)C)CCNCC1. The second-order valence-electron chi connectivity index (χ2n) is 5.42. The number of carbonyl (C=O) groups excluding carboxylic acids is 1. The highest BCUT2D eigenvalue weighted by Gasteiger charge is 2.38. The van der Waals surface area contributed by atoms with Gasteiger partial charge >= 0.3 is 0 Å². The number of nitrogens with one attached hydrogen (secondary N) is 2. The van der Waals surface area contributed by atoms with Crippen LogP contribution in [0.1, 0.15) is 46.5 Å². The van der Waals surface area contributed by atoms with Gasteiger partial charge in [0.2, 0.25) is 5.91 Å². The molecule has 17 heavy (non-hydrogen) atoms. The molecule has 0 spiro atoms. The maximum absolute atomic E-state index is 12.2. The van der Waals surface area contributed by atoms with Crippen LogP contribution in [0.15, 0.2) is 0 Å². The second-order valence-corrected chi connectivity index (χ2v) is 5.42. The third kappa shape index (κ3) is 4.28. The first-order valence-electron chi connectivity index (χ1n) is 6.73. The molecule has 2 N–H and O–H groups in total. The lowest BCUT2D eigenvalue weighted by Gasteiger charge is -2.35. The highest BCUT2D eigenvalue weighted by molar-refractivity contribution is 5.81. The van der Waals surface area contributed by atoms with Crippen LogP contribution >= 0.6 is 0 Å². The summed E-state index contributed by atoms with van der Waals surface area (Å²) in [5, 5.41) is 3.31. The Morgan fingerprint density at radius 3 is 2.59 bits per heavy atom. The second kappa shape index (κ2) is 6.97. The van der Waals surface area contributed by atoms with Gasteiger partial charge in [-0.15, -0.1) is 0 Å². The molecule has 0 unspecified atom stereocenters. The van der Waals surface area contributed by atoms with Crippen LogP contribution in [0.5, 0.6) is 0 Å². The smallest absolute Gasteiger partial charge is 0.249 e. The van der Waals surface area contributed by atoms with Gasteiger partial charge in [-0.2, -0.15) is 0 Å². The fourth-order valence-electron chi connectivity index (χ4n) is 2.36. The number of rotatable bonds is 6. The minimum Gasteiger partial charge on any atom is -0.317 e. The molecule has 0 aromatic carbocycles. The standard InChI is InChI=1S/C13H26N2O2/c1-4-5-13(6-8-14-9-7-13)12(16)15-17-10-11(2)3/h11,14H,4-10H2,1-3H3,(H,15,16). The van der Waals surface area contributed by atoms with Crippen LogP contribution < -0.4 is 10.8 Å². The molecule has 0 aromatic heterocycles. The van der Waals surface area contributed by atoms with Crippen molar-refractivity contribution >= 4 is 5.91 Å². The van der Waals surface area contributed by atoms with Gasteiger partial charge in [-0.3, -0.25) is 9.63 Å². The summed E-state index contributed by atoms with van der Waals surface area (Å²) >= 11 is 0. The summed E-state index contributed by atoms with van der Waals surface area (Å²) in [6.07, 6.45) is 3.82. The van der Waals surface area contributed by atoms with Crippen LogP contribution in [0.4, 0.5) is 0 Å². The van der Waals surface area contributed by atoms with E-state index in [0.717, 1.165) is 38.8 Å². The van der Waals surface area contributed by atoms with Gasteiger partial charge in [0, 0.05) is 0 Å². The lowest BCUT2D eigenvalue weighted by atomic mass is 9.75. The molecule has 1 heterocycles. The van der Waals surface area contributed by atoms with Gasteiger partial charge in [-0.25, -0.2) is 5.48 Å². The van der Waals surface area contributed by atoms with Crippen LogP contribution in [0.25, 0.3) is 0 Å². The van der Waals surface area contributed by atoms with Crippen molar-refractivity contribution in [3.63, 3.8) is 0 Å². The van der Waals surface area contributed by atoms with E-state index in [2.05, 4.69) is 31.6 Å². The Labute approximate surface area is 104 Å². The van der Waals surface area contributed by atoms with E-state index in [1.807, 2.05) is 0 Å². The molecule has 4 heteroatoms. The molecular weight excluding hydrogens is 216 g/mol. The predicted octanol–water partition coefficient (Wildman–Crippen LogP) is 1.86. The summed E-state index contributed by atoms with van der Waals surface area (Å²) in [5.74, 6) is 0.506. The lowest BCUT2D eigenvalue weighted by molar-refractivity contribution is -0.147. The van der Waals surface area contributed by atoms with Gasteiger partial charge in [0.15, 0.2) is 0 Å². The van der Waals surface area contributed by atoms with Crippen LogP contribution in [-0.2, 0) is 9.63 Å². The average molecular weight is 242 g/mol. The van der Waals surface area contributed by atoms with Crippen molar-refractivity contribution in [3.05, 3.63) is 0 Å². The first-order chi connectivity index (χ1) is 8.10. The zero-order valence-corrected chi connectivity index (χ0v) is 11.3. The van der Waals surface area contributed by atoms with Crippen LogP contribution in [-0.4, -0.2) is 25.6 Å². The topological polar surface area (TPSA) is 50.4 Å². The van der Waals surface area contributed by atoms with Crippen LogP contribution in [0.3, 0.4) is 0 Å². The molecular formula is C13H26N2O2. The zero-order valence-electron chi connectivity index (χ0n) is 11.3. The van der Waals surface area contributed by atoms with Crippen molar-refractivity contribution in [2.75, 3.05) is 19.7 Å². The van der Waals surface area contributed by atoms with Crippen molar-refractivity contribution in [2.45, 2.75) is 46.5 Å². The van der Waals surface area contributed by atoms with Gasteiger partial charge in [-0.1, -0.05) is 27.2 Å². The van der Waals surface area contributed by atoms with E-state index in [4.69, 9.17) is 4.84 Å². The molecule has 0 aromatic rings. The molecule has 0 radical (unpaired) electrons. The molecule has 1 fully saturated rings. The normalized spacial score (nSPS) is 19.3. The molecule has 4 nitrogen and oxygen atoms in total. The number of carbonyl (C=O) groups is 1. The fourth-order valence-corrected chi connectivity index (χ4v) is 2.36. The van der Waals surface area contributed by atoms with Crippen molar-refractivity contribution < 1.29 is 9.63 Å². The van der Waals surface area contributed by atoms with E-state index in [1.165, 1.54) is 0 Å². The molecule has 1 rings (SSSR count). The van der Waals surface area contributed by atoms with Gasteiger partial charge in [0.05, 0.1) is 12.0 Å². The summed E-state index contributed by atoms with van der Waals surface area (Å²) in [6.45, 7) is 8.70. The van der Waals surface area contributed by atoms with Crippen molar-refractivity contribution in [3.8, 4) is 0 Å². The Morgan fingerprint density at radius 2 is 2.06 bits per heavy atom. The maximum Gasteiger partial charge on any atom is 0.249 e. The van der Waals surface area contributed by atoms with Gasteiger partial charge in [-0.05, 0) is 38.3 Å². The summed E-state index contributed by atoms with van der Waals surface area (Å²) < 4.78 is 0. The summed E-state index contributed by atoms with van der Waals surface area (Å²) in [7, 11) is 0. The number of hydrogen-bond acceptors (Lipinski definition) is 3. The number of amides is 1. The number of piperidine rings is 1. The summed E-state index contributed by atoms with van der Waals surface area (Å²) in [5.41, 5.74) is 2.43. The fraction of sp³-hybridized carbons (Fsp3) is 0.923. The van der Waals surface area contributed by atoms with Crippen LogP contribution in [0, 0.1) is 11.3 Å². The maximum atomic E-state index is 12.2. The molecule has 1 aliphatic rings. The minimum atomic E-state index is -0.211. The molecule has 100 valence electrons. The Hall–Kier alpha value is -0.610. The summed E-state index contributed by atoms with van der Waals surface area (Å²) in [6, 6.07) is 0. The lowest BCUT2D eigenvalue weighted by Crippen LogP contribution is -2.47. The van der Waals surface area contributed by atoms with Crippen molar-refractivity contribution in [1.82, 2.24) is 10.8 Å². The van der Waals surface area contributed by atoms with E-state index in [9.17, 15) is 4.79 Å². The average Bonchev–Trinajstić information content (AvgIpc) is 2.30. The van der Waals surface area contributed by atoms with E-state index in [-0.39, 0.29) is 11.3 Å². The Bertz CT molecular complexity index is 230. The Morgan fingerprint density at radius 1 is 1.41 bits per heavy atom. The van der Waals surface area contributed by atoms with Crippen LogP contribution in [0.2, 0.25) is 0 Å². The molecule has 0 saturated carbocycles. The molecule has 1 amide bonds. The number of hydrogen-bond donors (Lipinski definition) is 2. The Kier molecular flexibility index (Phi) is 5.92. The minimum absolute atomic E-state index is 0.0708. The first-order valence-corrected chi connectivity index (χ1v) is 6.73. The third-order valence-corrected chi connectivity index (χ3v) is 3.35. The monoisotopic (exact) mass is 242 g/mol. The van der Waals surface area contributed by atoms with Gasteiger partial charge in [0.25, 0.3) is 0 Å². The highest BCUT2D eigenvalue weighted by atomic mass is 16.7. The van der Waals surface area contributed by atoms with E-state index in [0.29, 0.717) is 12.5 Å². The van der Waals surface area contributed by atoms with E-state index >= 15 is 0 Å². The summed E-state index contributed by atoms with van der Waals surface area (Å²) in [4.78, 5) is 17.5. The van der Waals surface area contributed by atoms with E-state index < -0.39 is 0 Å².